The highest BCUT2D eigenvalue weighted by atomic mass is 16.5. The molecule has 0 heterocycles. The van der Waals surface area contributed by atoms with Gasteiger partial charge in [-0.3, -0.25) is 4.79 Å². The van der Waals surface area contributed by atoms with E-state index in [4.69, 9.17) is 4.74 Å². The highest BCUT2D eigenvalue weighted by molar-refractivity contribution is 5.98. The zero-order chi connectivity index (χ0) is 24.2. The van der Waals surface area contributed by atoms with E-state index in [0.29, 0.717) is 17.7 Å². The molecule has 0 unspecified atom stereocenters. The lowest BCUT2D eigenvalue weighted by molar-refractivity contribution is -0.118. The minimum atomic E-state index is -1.07. The summed E-state index contributed by atoms with van der Waals surface area (Å²) in [7, 11) is 0. The van der Waals surface area contributed by atoms with Gasteiger partial charge in [0.25, 0.3) is 0 Å². The predicted octanol–water partition coefficient (Wildman–Crippen LogP) is 4.95. The number of nitrogens with one attached hydrogen (secondary N) is 2. The first kappa shape index (κ1) is 23.0. The van der Waals surface area contributed by atoms with E-state index < -0.39 is 24.0 Å². The zero-order valence-electron chi connectivity index (χ0n) is 19.0. The number of carbonyl (C=O) groups is 3. The Balaban J connectivity index is 1.39. The van der Waals surface area contributed by atoms with Crippen LogP contribution in [0.5, 0.6) is 0 Å². The number of hydrogen-bond donors (Lipinski definition) is 3. The number of fused-ring (bicyclic) bond motifs is 3. The lowest BCUT2D eigenvalue weighted by Crippen LogP contribution is -2.43. The van der Waals surface area contributed by atoms with Gasteiger partial charge in [-0.15, -0.1) is 0 Å². The molecule has 3 N–H and O–H groups in total. The molecule has 0 saturated carbocycles. The molecule has 7 nitrogen and oxygen atoms in total. The number of anilines is 1. The van der Waals surface area contributed by atoms with Gasteiger partial charge < -0.3 is 20.5 Å². The third kappa shape index (κ3) is 4.64. The maximum atomic E-state index is 12.7. The van der Waals surface area contributed by atoms with Crippen LogP contribution >= 0.6 is 0 Å². The third-order valence-electron chi connectivity index (χ3n) is 6.10. The van der Waals surface area contributed by atoms with Crippen molar-refractivity contribution in [2.75, 3.05) is 11.9 Å². The molecule has 0 radical (unpaired) electrons. The van der Waals surface area contributed by atoms with Crippen molar-refractivity contribution in [3.05, 3.63) is 89.0 Å². The Labute approximate surface area is 197 Å². The van der Waals surface area contributed by atoms with Gasteiger partial charge in [-0.25, -0.2) is 9.59 Å². The van der Waals surface area contributed by atoms with Crippen molar-refractivity contribution in [3.63, 3.8) is 0 Å². The van der Waals surface area contributed by atoms with Gasteiger partial charge in [-0.2, -0.15) is 0 Å². The van der Waals surface area contributed by atoms with Crippen molar-refractivity contribution >= 4 is 23.7 Å². The number of alkyl carbamates (subject to hydrolysis) is 1. The highest BCUT2D eigenvalue weighted by Crippen LogP contribution is 2.44. The van der Waals surface area contributed by atoms with Gasteiger partial charge in [-0.05, 0) is 53.3 Å². The molecule has 0 aliphatic heterocycles. The van der Waals surface area contributed by atoms with Gasteiger partial charge >= 0.3 is 12.1 Å². The van der Waals surface area contributed by atoms with Gasteiger partial charge in [-0.1, -0.05) is 61.5 Å². The molecule has 0 saturated heterocycles. The molecule has 2 amide bonds. The number of carboxylic acid groups (broad SMARTS) is 1. The smallest absolute Gasteiger partial charge is 0.407 e. The number of carbonyl (C=O) groups excluding carboxylic acids is 2. The lowest BCUT2D eigenvalue weighted by Gasteiger charge is -2.19. The van der Waals surface area contributed by atoms with Crippen LogP contribution in [0.25, 0.3) is 11.1 Å². The van der Waals surface area contributed by atoms with Crippen LogP contribution in [0.1, 0.15) is 46.3 Å². The van der Waals surface area contributed by atoms with Crippen molar-refractivity contribution in [3.8, 4) is 11.1 Å². The van der Waals surface area contributed by atoms with E-state index in [1.165, 1.54) is 6.07 Å². The first-order chi connectivity index (χ1) is 16.4. The van der Waals surface area contributed by atoms with Crippen LogP contribution in [-0.4, -0.2) is 35.7 Å². The summed E-state index contributed by atoms with van der Waals surface area (Å²) < 4.78 is 5.53. The van der Waals surface area contributed by atoms with Gasteiger partial charge in [0.2, 0.25) is 5.91 Å². The number of carboxylic acids is 1. The van der Waals surface area contributed by atoms with E-state index in [1.807, 2.05) is 36.4 Å². The molecular weight excluding hydrogens is 432 g/mol. The summed E-state index contributed by atoms with van der Waals surface area (Å²) in [6.45, 7) is 3.60. The second-order valence-corrected chi connectivity index (χ2v) is 8.25. The largest absolute Gasteiger partial charge is 0.478 e. The number of aromatic carboxylic acids is 1. The van der Waals surface area contributed by atoms with Gasteiger partial charge in [0.1, 0.15) is 12.6 Å². The maximum absolute atomic E-state index is 12.7. The van der Waals surface area contributed by atoms with Crippen LogP contribution in [0, 0.1) is 6.92 Å². The van der Waals surface area contributed by atoms with E-state index in [1.54, 1.807) is 26.0 Å². The molecule has 0 spiro atoms. The second kappa shape index (κ2) is 9.79. The quantitative estimate of drug-likeness (QED) is 0.465. The lowest BCUT2D eigenvalue weighted by atomic mass is 9.98. The van der Waals surface area contributed by atoms with Crippen LogP contribution in [0.3, 0.4) is 0 Å². The Morgan fingerprint density at radius 3 is 2.18 bits per heavy atom. The SMILES string of the molecule is CC[C@H](NC(=O)OCC1c2ccccc2-c2ccccc21)C(=O)Nc1ccc(C)c(C(=O)O)c1. The van der Waals surface area contributed by atoms with Gasteiger partial charge in [0, 0.05) is 11.6 Å². The third-order valence-corrected chi connectivity index (χ3v) is 6.10. The van der Waals surface area contributed by atoms with Crippen molar-refractivity contribution in [1.29, 1.82) is 0 Å². The molecule has 0 aromatic heterocycles. The minimum absolute atomic E-state index is 0.0750. The summed E-state index contributed by atoms with van der Waals surface area (Å²) in [5.74, 6) is -1.59. The summed E-state index contributed by atoms with van der Waals surface area (Å²) in [6, 6.07) is 19.9. The molecule has 0 fully saturated rings. The number of rotatable bonds is 7. The Kier molecular flexibility index (Phi) is 6.63. The molecule has 3 aromatic carbocycles. The maximum Gasteiger partial charge on any atom is 0.407 e. The first-order valence-corrected chi connectivity index (χ1v) is 11.1. The molecular formula is C27H26N2O5. The van der Waals surface area contributed by atoms with E-state index in [-0.39, 0.29) is 18.1 Å². The first-order valence-electron chi connectivity index (χ1n) is 11.1. The fourth-order valence-corrected chi connectivity index (χ4v) is 4.29. The number of amides is 2. The summed E-state index contributed by atoms with van der Waals surface area (Å²) in [4.78, 5) is 36.6. The molecule has 1 aliphatic rings. The van der Waals surface area contributed by atoms with Crippen molar-refractivity contribution in [2.45, 2.75) is 32.2 Å². The number of hydrogen-bond acceptors (Lipinski definition) is 4. The monoisotopic (exact) mass is 458 g/mol. The van der Waals surface area contributed by atoms with Crippen molar-refractivity contribution in [2.24, 2.45) is 0 Å². The Bertz CT molecular complexity index is 1210. The summed E-state index contributed by atoms with van der Waals surface area (Å²) in [5, 5.41) is 14.6. The van der Waals surface area contributed by atoms with Crippen LogP contribution in [0.2, 0.25) is 0 Å². The van der Waals surface area contributed by atoms with Crippen molar-refractivity contribution in [1.82, 2.24) is 5.32 Å². The minimum Gasteiger partial charge on any atom is -0.478 e. The number of aryl methyl sites for hydroxylation is 1. The summed E-state index contributed by atoms with van der Waals surface area (Å²) in [6.07, 6.45) is -0.341. The van der Waals surface area contributed by atoms with Crippen molar-refractivity contribution < 1.29 is 24.2 Å². The van der Waals surface area contributed by atoms with E-state index in [9.17, 15) is 19.5 Å². The topological polar surface area (TPSA) is 105 Å². The fraction of sp³-hybridized carbons (Fsp3) is 0.222. The number of benzene rings is 3. The molecule has 1 aliphatic carbocycles. The molecule has 3 aromatic rings. The number of ether oxygens (including phenoxy) is 1. The van der Waals surface area contributed by atoms with Gasteiger partial charge in [0.05, 0.1) is 5.56 Å². The Hall–Kier alpha value is -4.13. The van der Waals surface area contributed by atoms with Gasteiger partial charge in [0.15, 0.2) is 0 Å². The average molecular weight is 459 g/mol. The molecule has 174 valence electrons. The van der Waals surface area contributed by atoms with E-state index in [2.05, 4.69) is 22.8 Å². The van der Waals surface area contributed by atoms with E-state index >= 15 is 0 Å². The molecule has 1 atom stereocenters. The summed E-state index contributed by atoms with van der Waals surface area (Å²) in [5.41, 5.74) is 5.53. The van der Waals surface area contributed by atoms with Crippen LogP contribution in [0.4, 0.5) is 10.5 Å². The predicted molar refractivity (Wildman–Crippen MR) is 129 cm³/mol. The average Bonchev–Trinajstić information content (AvgIpc) is 3.16. The highest BCUT2D eigenvalue weighted by Gasteiger charge is 2.29. The molecule has 4 rings (SSSR count). The molecule has 34 heavy (non-hydrogen) atoms. The normalized spacial score (nSPS) is 12.9. The van der Waals surface area contributed by atoms with Crippen LogP contribution < -0.4 is 10.6 Å². The summed E-state index contributed by atoms with van der Waals surface area (Å²) >= 11 is 0. The Morgan fingerprint density at radius 2 is 1.59 bits per heavy atom. The second-order valence-electron chi connectivity index (χ2n) is 8.25. The Morgan fingerprint density at radius 1 is 0.971 bits per heavy atom. The van der Waals surface area contributed by atoms with Crippen LogP contribution in [0.15, 0.2) is 66.7 Å². The van der Waals surface area contributed by atoms with E-state index in [0.717, 1.165) is 22.3 Å². The standard InChI is InChI=1S/C27H26N2O5/c1-3-24(25(30)28-17-13-12-16(2)22(14-17)26(31)32)29-27(33)34-15-23-20-10-6-4-8-18(20)19-9-5-7-11-21(19)23/h4-14,23-24H,3,15H2,1-2H3,(H,28,30)(H,29,33)(H,31,32)/t24-/m0/s1. The fourth-order valence-electron chi connectivity index (χ4n) is 4.29. The van der Waals surface area contributed by atoms with Crippen LogP contribution in [-0.2, 0) is 9.53 Å². The zero-order valence-corrected chi connectivity index (χ0v) is 19.0. The molecule has 7 heteroatoms. The molecule has 0 bridgehead atoms.